The Kier molecular flexibility index (Phi) is 17.9. The molecule has 0 saturated carbocycles. The number of esters is 2. The number of nitrogens with zero attached hydrogens (tertiary/aromatic N) is 4. The van der Waals surface area contributed by atoms with E-state index in [9.17, 15) is 19.2 Å². The number of benzene rings is 2. The summed E-state index contributed by atoms with van der Waals surface area (Å²) < 4.78 is 33.7. The summed E-state index contributed by atoms with van der Waals surface area (Å²) in [7, 11) is 10.4. The molecule has 15 heteroatoms. The summed E-state index contributed by atoms with van der Waals surface area (Å²) in [5.74, 6) is -0.665. The topological polar surface area (TPSA) is 137 Å². The zero-order valence-corrected chi connectivity index (χ0v) is 39.9. The van der Waals surface area contributed by atoms with E-state index >= 15 is 0 Å². The molecule has 2 aromatic rings. The summed E-state index contributed by atoms with van der Waals surface area (Å²) in [5.41, 5.74) is 0.0810. The fraction of sp³-hybridized carbons (Fsp3) is 0.625. The van der Waals surface area contributed by atoms with Gasteiger partial charge in [0.1, 0.15) is 25.3 Å². The van der Waals surface area contributed by atoms with E-state index in [0.29, 0.717) is 25.8 Å². The maximum atomic E-state index is 13.2. The minimum Gasteiger partial charge on any atom is -0.467 e. The Hall–Kier alpha value is -4.44. The number of ether oxygens (including phenoxy) is 4. The molecule has 63 heavy (non-hydrogen) atoms. The third-order valence-electron chi connectivity index (χ3n) is 13.5. The van der Waals surface area contributed by atoms with Gasteiger partial charge in [-0.25, -0.2) is 19.2 Å². The van der Waals surface area contributed by atoms with Crippen LogP contribution in [0.2, 0.25) is 6.32 Å². The van der Waals surface area contributed by atoms with E-state index in [1.165, 1.54) is 19.1 Å². The first-order valence-corrected chi connectivity index (χ1v) is 22.0. The molecule has 0 unspecified atom stereocenters. The predicted molar refractivity (Wildman–Crippen MR) is 244 cm³/mol. The van der Waals surface area contributed by atoms with Crippen molar-refractivity contribution in [1.82, 2.24) is 19.6 Å². The van der Waals surface area contributed by atoms with Crippen LogP contribution in [0.4, 0.5) is 9.59 Å². The highest BCUT2D eigenvalue weighted by atomic mass is 16.7. The number of carbonyl (C=O) groups is 4. The first kappa shape index (κ1) is 51.2. The Bertz CT molecular complexity index is 1820. The molecule has 5 rings (SSSR count). The van der Waals surface area contributed by atoms with Crippen molar-refractivity contribution in [3.63, 3.8) is 0 Å². The van der Waals surface area contributed by atoms with E-state index in [-0.39, 0.29) is 43.4 Å². The lowest BCUT2D eigenvalue weighted by molar-refractivity contribution is -0.150. The molecule has 0 aromatic heterocycles. The van der Waals surface area contributed by atoms with Crippen molar-refractivity contribution < 1.29 is 47.4 Å². The van der Waals surface area contributed by atoms with E-state index < -0.39 is 47.0 Å². The lowest BCUT2D eigenvalue weighted by atomic mass is 9.69. The maximum absolute atomic E-state index is 13.2. The highest BCUT2D eigenvalue weighted by Crippen LogP contribution is 2.48. The average Bonchev–Trinajstić information content (AvgIpc) is 3.76. The van der Waals surface area contributed by atoms with E-state index in [1.807, 2.05) is 123 Å². The van der Waals surface area contributed by atoms with Crippen LogP contribution >= 0.6 is 0 Å². The van der Waals surface area contributed by atoms with E-state index in [1.54, 1.807) is 11.0 Å². The molecule has 6 atom stereocenters. The molecule has 3 heterocycles. The molecular formula is C48H73BN4O10. The summed E-state index contributed by atoms with van der Waals surface area (Å²) in [6, 6.07) is 17.6. The molecule has 0 aliphatic carbocycles. The van der Waals surface area contributed by atoms with E-state index in [2.05, 4.69) is 23.3 Å². The van der Waals surface area contributed by atoms with E-state index in [0.717, 1.165) is 37.1 Å². The number of hydrogen-bond donors (Lipinski definition) is 0. The van der Waals surface area contributed by atoms with Crippen molar-refractivity contribution in [2.45, 2.75) is 104 Å². The van der Waals surface area contributed by atoms with Gasteiger partial charge in [0.05, 0.1) is 25.4 Å². The van der Waals surface area contributed by atoms with Crippen LogP contribution < -0.4 is 0 Å². The van der Waals surface area contributed by atoms with Gasteiger partial charge in [0, 0.05) is 37.0 Å². The monoisotopic (exact) mass is 877 g/mol. The minimum atomic E-state index is -0.728. The quantitative estimate of drug-likeness (QED) is 0.0732. The van der Waals surface area contributed by atoms with E-state index in [4.69, 9.17) is 28.3 Å². The van der Waals surface area contributed by atoms with Crippen LogP contribution in [0.1, 0.15) is 71.9 Å². The Balaban J connectivity index is 0.000000288. The number of methoxy groups -OCH3 is 2. The molecule has 3 saturated heterocycles. The second-order valence-electron chi connectivity index (χ2n) is 19.2. The summed E-state index contributed by atoms with van der Waals surface area (Å²) in [5, 5.41) is 0. The van der Waals surface area contributed by atoms with Gasteiger partial charge in [0.25, 0.3) is 0 Å². The van der Waals surface area contributed by atoms with Crippen LogP contribution in [-0.4, -0.2) is 143 Å². The molecule has 2 amide bonds. The van der Waals surface area contributed by atoms with Crippen molar-refractivity contribution in [3.05, 3.63) is 84.4 Å². The first-order chi connectivity index (χ1) is 29.6. The Labute approximate surface area is 376 Å². The van der Waals surface area contributed by atoms with Crippen LogP contribution in [0.25, 0.3) is 0 Å². The summed E-state index contributed by atoms with van der Waals surface area (Å²) >= 11 is 0. The SMILES string of the molecule is C=CC[C@]1(C)[C@@H](CN(C)C)CN(C(=O)OCc2ccccc2)[C@@H]1C(=O)OC.COC(=O)[C@H]1N(C(=O)OCc2ccccc2)C[C@H](CN(C)C)[C@@]1(C)CCCB1OC(C)(C)C(C)(C)O1. The molecule has 348 valence electrons. The third kappa shape index (κ3) is 12.4. The number of amides is 2. The summed E-state index contributed by atoms with van der Waals surface area (Å²) in [4.78, 5) is 59.0. The number of likely N-dealkylation sites (tertiary alicyclic amines) is 2. The Morgan fingerprint density at radius 2 is 1.10 bits per heavy atom. The molecule has 3 aliphatic heterocycles. The van der Waals surface area contributed by atoms with Crippen molar-refractivity contribution in [1.29, 1.82) is 0 Å². The smallest absolute Gasteiger partial charge is 0.457 e. The lowest BCUT2D eigenvalue weighted by Gasteiger charge is -2.37. The van der Waals surface area contributed by atoms with Crippen LogP contribution in [0.15, 0.2) is 73.3 Å². The van der Waals surface area contributed by atoms with Crippen LogP contribution in [0.5, 0.6) is 0 Å². The van der Waals surface area contributed by atoms with Crippen LogP contribution in [0, 0.1) is 22.7 Å². The normalized spacial score (nSPS) is 26.0. The van der Waals surface area contributed by atoms with Gasteiger partial charge in [-0.05, 0) is 98.0 Å². The predicted octanol–water partition coefficient (Wildman–Crippen LogP) is 7.18. The number of hydrogen-bond acceptors (Lipinski definition) is 12. The summed E-state index contributed by atoms with van der Waals surface area (Å²) in [6.07, 6.45) is 3.64. The fourth-order valence-electron chi connectivity index (χ4n) is 9.32. The molecule has 2 aromatic carbocycles. The second kappa shape index (κ2) is 22.0. The van der Waals surface area contributed by atoms with Gasteiger partial charge >= 0.3 is 31.2 Å². The first-order valence-electron chi connectivity index (χ1n) is 22.0. The van der Waals surface area contributed by atoms with Gasteiger partial charge in [0.2, 0.25) is 0 Å². The highest BCUT2D eigenvalue weighted by molar-refractivity contribution is 6.45. The van der Waals surface area contributed by atoms with Crippen LogP contribution in [-0.2, 0) is 51.1 Å². The van der Waals surface area contributed by atoms with Crippen molar-refractivity contribution >= 4 is 31.2 Å². The molecular weight excluding hydrogens is 803 g/mol. The van der Waals surface area contributed by atoms with Gasteiger partial charge in [-0.3, -0.25) is 9.80 Å². The Morgan fingerprint density at radius 3 is 1.48 bits per heavy atom. The van der Waals surface area contributed by atoms with Gasteiger partial charge in [0.15, 0.2) is 0 Å². The standard InChI is InChI=1S/C27H43BN2O6.C21H30N2O4/c1-25(2)26(3,4)36-28(35-25)16-12-15-27(5)21(17-29(6)7)18-30(22(27)23(31)33-8)24(32)34-19-20-13-10-9-11-14-20;1-6-12-21(2)17(13-22(3)4)14-23(18(21)19(24)26-5)20(25)27-15-16-10-8-7-9-11-16/h9-11,13-14,21-22H,12,15-19H2,1-8H3;6-11,17-18H,1,12-15H2,2-5H3/t21-,22+,27+;17-,18+,21+/m00/s1. The number of rotatable bonds is 16. The summed E-state index contributed by atoms with van der Waals surface area (Å²) in [6.45, 7) is 18.8. The lowest BCUT2D eigenvalue weighted by Crippen LogP contribution is -2.49. The van der Waals surface area contributed by atoms with Gasteiger partial charge in [-0.15, -0.1) is 6.58 Å². The fourth-order valence-corrected chi connectivity index (χ4v) is 9.32. The van der Waals surface area contributed by atoms with Crippen LogP contribution in [0.3, 0.4) is 0 Å². The van der Waals surface area contributed by atoms with Crippen molar-refractivity contribution in [3.8, 4) is 0 Å². The highest BCUT2D eigenvalue weighted by Gasteiger charge is 2.58. The van der Waals surface area contributed by atoms with Crippen molar-refractivity contribution in [2.75, 3.05) is 68.6 Å². The Morgan fingerprint density at radius 1 is 0.698 bits per heavy atom. The zero-order chi connectivity index (χ0) is 46.8. The largest absolute Gasteiger partial charge is 0.467 e. The van der Waals surface area contributed by atoms with Gasteiger partial charge in [-0.1, -0.05) is 87.0 Å². The molecule has 0 radical (unpaired) electrons. The van der Waals surface area contributed by atoms with Gasteiger partial charge < -0.3 is 38.1 Å². The molecule has 0 spiro atoms. The third-order valence-corrected chi connectivity index (χ3v) is 13.5. The van der Waals surface area contributed by atoms with Gasteiger partial charge in [-0.2, -0.15) is 0 Å². The second-order valence-corrected chi connectivity index (χ2v) is 19.2. The zero-order valence-electron chi connectivity index (χ0n) is 39.9. The number of allylic oxidation sites excluding steroid dienone is 1. The molecule has 3 fully saturated rings. The average molecular weight is 877 g/mol. The maximum Gasteiger partial charge on any atom is 0.457 e. The number of carbonyl (C=O) groups excluding carboxylic acids is 4. The minimum absolute atomic E-state index is 0.0687. The molecule has 14 nitrogen and oxygen atoms in total. The van der Waals surface area contributed by atoms with Crippen molar-refractivity contribution in [2.24, 2.45) is 22.7 Å². The molecule has 0 N–H and O–H groups in total. The molecule has 0 bridgehead atoms. The molecule has 3 aliphatic rings.